The van der Waals surface area contributed by atoms with Crippen molar-refractivity contribution in [1.29, 1.82) is 0 Å². The van der Waals surface area contributed by atoms with Crippen LogP contribution in [0.5, 0.6) is 0 Å². The summed E-state index contributed by atoms with van der Waals surface area (Å²) >= 11 is 3.41. The number of pyridine rings is 1. The Balaban J connectivity index is 1.97. The van der Waals surface area contributed by atoms with Crippen LogP contribution < -0.4 is 5.32 Å². The Kier molecular flexibility index (Phi) is 2.67. The van der Waals surface area contributed by atoms with Crippen LogP contribution in [0, 0.1) is 0 Å². The van der Waals surface area contributed by atoms with Gasteiger partial charge in [-0.2, -0.15) is 0 Å². The first-order valence-electron chi connectivity index (χ1n) is 5.28. The number of nitrogens with one attached hydrogen (secondary N) is 2. The lowest BCUT2D eigenvalue weighted by atomic mass is 10.2. The number of H-pyrrole nitrogens is 1. The molecule has 3 rings (SSSR count). The molecule has 0 bridgehead atoms. The van der Waals surface area contributed by atoms with Crippen molar-refractivity contribution in [2.45, 2.75) is 6.04 Å². The van der Waals surface area contributed by atoms with Crippen molar-refractivity contribution in [2.75, 3.05) is 19.8 Å². The number of rotatable bonds is 1. The topological polar surface area (TPSA) is 49.9 Å². The van der Waals surface area contributed by atoms with Crippen molar-refractivity contribution in [3.05, 3.63) is 28.5 Å². The molecule has 3 heterocycles. The molecule has 0 amide bonds. The minimum atomic E-state index is 0.252. The molecule has 1 aliphatic rings. The molecule has 1 atom stereocenters. The van der Waals surface area contributed by atoms with Gasteiger partial charge < -0.3 is 15.0 Å². The van der Waals surface area contributed by atoms with E-state index >= 15 is 0 Å². The molecule has 0 aromatic carbocycles. The zero-order chi connectivity index (χ0) is 11.0. The van der Waals surface area contributed by atoms with Crippen LogP contribution in [0.3, 0.4) is 0 Å². The molecule has 0 saturated carbocycles. The second-order valence-corrected chi connectivity index (χ2v) is 4.81. The van der Waals surface area contributed by atoms with Crippen molar-refractivity contribution < 1.29 is 4.74 Å². The van der Waals surface area contributed by atoms with E-state index in [4.69, 9.17) is 4.74 Å². The second kappa shape index (κ2) is 4.16. The Morgan fingerprint density at radius 2 is 2.38 bits per heavy atom. The van der Waals surface area contributed by atoms with Crippen LogP contribution in [0.25, 0.3) is 11.0 Å². The van der Waals surface area contributed by atoms with Gasteiger partial charge in [0.25, 0.3) is 0 Å². The van der Waals surface area contributed by atoms with Gasteiger partial charge in [0.2, 0.25) is 0 Å². The number of hydrogen-bond acceptors (Lipinski definition) is 3. The molecule has 0 spiro atoms. The van der Waals surface area contributed by atoms with Gasteiger partial charge in [0.05, 0.1) is 30.3 Å². The van der Waals surface area contributed by atoms with Crippen LogP contribution in [0.15, 0.2) is 22.8 Å². The first kappa shape index (κ1) is 10.3. The number of aromatic amines is 1. The molecule has 2 aromatic heterocycles. The summed E-state index contributed by atoms with van der Waals surface area (Å²) in [5, 5.41) is 3.42. The minimum Gasteiger partial charge on any atom is -0.378 e. The van der Waals surface area contributed by atoms with Gasteiger partial charge in [0, 0.05) is 22.9 Å². The highest BCUT2D eigenvalue weighted by atomic mass is 79.9. The van der Waals surface area contributed by atoms with Gasteiger partial charge in [-0.25, -0.2) is 0 Å². The highest BCUT2D eigenvalue weighted by Gasteiger charge is 2.17. The molecule has 1 saturated heterocycles. The smallest absolute Gasteiger partial charge is 0.0883 e. The van der Waals surface area contributed by atoms with E-state index in [-0.39, 0.29) is 6.04 Å². The Morgan fingerprint density at radius 1 is 1.44 bits per heavy atom. The number of ether oxygens (including phenoxy) is 1. The highest BCUT2D eigenvalue weighted by molar-refractivity contribution is 9.10. The molecule has 0 aliphatic carbocycles. The zero-order valence-corrected chi connectivity index (χ0v) is 10.3. The fraction of sp³-hybridized carbons (Fsp3) is 0.364. The summed E-state index contributed by atoms with van der Waals surface area (Å²) in [6.07, 6.45) is 1.81. The zero-order valence-electron chi connectivity index (χ0n) is 8.66. The normalized spacial score (nSPS) is 21.4. The van der Waals surface area contributed by atoms with Gasteiger partial charge >= 0.3 is 0 Å². The lowest BCUT2D eigenvalue weighted by Crippen LogP contribution is -2.34. The van der Waals surface area contributed by atoms with Crippen molar-refractivity contribution >= 4 is 27.0 Å². The maximum absolute atomic E-state index is 5.44. The Hall–Kier alpha value is -0.910. The van der Waals surface area contributed by atoms with Crippen LogP contribution in [-0.4, -0.2) is 29.7 Å². The standard InChI is InChI=1S/C11H12BrN3O/c12-7-3-9-8(14-5-7)4-10(15-9)11-6-16-2-1-13-11/h3-5,11,13,15H,1-2,6H2. The summed E-state index contributed by atoms with van der Waals surface area (Å²) in [5.74, 6) is 0. The molecule has 1 unspecified atom stereocenters. The molecule has 4 nitrogen and oxygen atoms in total. The van der Waals surface area contributed by atoms with Gasteiger partial charge in [-0.1, -0.05) is 0 Å². The summed E-state index contributed by atoms with van der Waals surface area (Å²) in [6, 6.07) is 4.37. The minimum absolute atomic E-state index is 0.252. The third-order valence-corrected chi connectivity index (χ3v) is 3.19. The van der Waals surface area contributed by atoms with Gasteiger partial charge in [0.1, 0.15) is 0 Å². The van der Waals surface area contributed by atoms with E-state index in [2.05, 4.69) is 37.3 Å². The van der Waals surface area contributed by atoms with Gasteiger partial charge in [0.15, 0.2) is 0 Å². The van der Waals surface area contributed by atoms with Crippen LogP contribution in [0.4, 0.5) is 0 Å². The van der Waals surface area contributed by atoms with Gasteiger partial charge in [-0.3, -0.25) is 4.98 Å². The molecule has 84 valence electrons. The van der Waals surface area contributed by atoms with E-state index in [0.717, 1.165) is 34.4 Å². The quantitative estimate of drug-likeness (QED) is 0.841. The summed E-state index contributed by atoms with van der Waals surface area (Å²) in [5.41, 5.74) is 3.18. The highest BCUT2D eigenvalue weighted by Crippen LogP contribution is 2.22. The summed E-state index contributed by atoms with van der Waals surface area (Å²) < 4.78 is 6.43. The third-order valence-electron chi connectivity index (χ3n) is 2.75. The van der Waals surface area contributed by atoms with Gasteiger partial charge in [-0.15, -0.1) is 0 Å². The van der Waals surface area contributed by atoms with Crippen molar-refractivity contribution in [2.24, 2.45) is 0 Å². The van der Waals surface area contributed by atoms with Crippen molar-refractivity contribution in [3.8, 4) is 0 Å². The SMILES string of the molecule is Brc1cnc2cc(C3COCCN3)[nH]c2c1. The van der Waals surface area contributed by atoms with E-state index in [9.17, 15) is 0 Å². The summed E-state index contributed by atoms with van der Waals surface area (Å²) in [4.78, 5) is 7.72. The lowest BCUT2D eigenvalue weighted by molar-refractivity contribution is 0.0758. The van der Waals surface area contributed by atoms with E-state index in [1.807, 2.05) is 12.3 Å². The molecule has 1 aliphatic heterocycles. The van der Waals surface area contributed by atoms with Crippen molar-refractivity contribution in [1.82, 2.24) is 15.3 Å². The summed E-state index contributed by atoms with van der Waals surface area (Å²) in [7, 11) is 0. The average molecular weight is 282 g/mol. The molecular formula is C11H12BrN3O. The number of hydrogen-bond donors (Lipinski definition) is 2. The van der Waals surface area contributed by atoms with E-state index < -0.39 is 0 Å². The predicted molar refractivity (Wildman–Crippen MR) is 65.4 cm³/mol. The summed E-state index contributed by atoms with van der Waals surface area (Å²) in [6.45, 7) is 2.41. The Bertz CT molecular complexity index is 505. The molecule has 2 aromatic rings. The van der Waals surface area contributed by atoms with Crippen LogP contribution >= 0.6 is 15.9 Å². The number of nitrogens with zero attached hydrogens (tertiary/aromatic N) is 1. The van der Waals surface area contributed by atoms with Crippen LogP contribution in [0.2, 0.25) is 0 Å². The van der Waals surface area contributed by atoms with E-state index in [1.165, 1.54) is 0 Å². The van der Waals surface area contributed by atoms with E-state index in [1.54, 1.807) is 0 Å². The maximum Gasteiger partial charge on any atom is 0.0883 e. The molecule has 1 fully saturated rings. The molecule has 16 heavy (non-hydrogen) atoms. The largest absolute Gasteiger partial charge is 0.378 e. The monoisotopic (exact) mass is 281 g/mol. The van der Waals surface area contributed by atoms with Crippen LogP contribution in [0.1, 0.15) is 11.7 Å². The lowest BCUT2D eigenvalue weighted by Gasteiger charge is -2.22. The number of morpholine rings is 1. The Morgan fingerprint density at radius 3 is 3.19 bits per heavy atom. The second-order valence-electron chi connectivity index (χ2n) is 3.89. The Labute approximate surface area is 102 Å². The fourth-order valence-electron chi connectivity index (χ4n) is 1.96. The molecule has 5 heteroatoms. The third kappa shape index (κ3) is 1.86. The van der Waals surface area contributed by atoms with Crippen LogP contribution in [-0.2, 0) is 4.74 Å². The number of halogens is 1. The molecule has 0 radical (unpaired) electrons. The number of aromatic nitrogens is 2. The first-order chi connectivity index (χ1) is 7.83. The first-order valence-corrected chi connectivity index (χ1v) is 6.07. The molecular weight excluding hydrogens is 270 g/mol. The predicted octanol–water partition coefficient (Wildman–Crippen LogP) is 1.99. The number of fused-ring (bicyclic) bond motifs is 1. The molecule has 2 N–H and O–H groups in total. The van der Waals surface area contributed by atoms with Crippen molar-refractivity contribution in [3.63, 3.8) is 0 Å². The fourth-order valence-corrected chi connectivity index (χ4v) is 2.29. The van der Waals surface area contributed by atoms with Gasteiger partial charge in [-0.05, 0) is 28.1 Å². The van der Waals surface area contributed by atoms with E-state index in [0.29, 0.717) is 6.61 Å². The average Bonchev–Trinajstić information content (AvgIpc) is 2.73. The maximum atomic E-state index is 5.44.